The Bertz CT molecular complexity index is 217. The van der Waals surface area contributed by atoms with E-state index in [1.807, 2.05) is 0 Å². The highest BCUT2D eigenvalue weighted by Gasteiger charge is 2.42. The van der Waals surface area contributed by atoms with Crippen molar-refractivity contribution >= 4 is 5.91 Å². The van der Waals surface area contributed by atoms with Crippen molar-refractivity contribution in [3.63, 3.8) is 0 Å². The van der Waals surface area contributed by atoms with E-state index in [1.165, 1.54) is 25.7 Å². The summed E-state index contributed by atoms with van der Waals surface area (Å²) >= 11 is 0. The fourth-order valence-electron chi connectivity index (χ4n) is 3.20. The third-order valence-corrected chi connectivity index (χ3v) is 3.78. The molecule has 4 N–H and O–H groups in total. The molecule has 1 amide bonds. The van der Waals surface area contributed by atoms with E-state index in [2.05, 4.69) is 0 Å². The Morgan fingerprint density at radius 2 is 2.15 bits per heavy atom. The van der Waals surface area contributed by atoms with Crippen LogP contribution in [0.15, 0.2) is 0 Å². The number of hydrogen-bond donors (Lipinski definition) is 2. The van der Waals surface area contributed by atoms with Gasteiger partial charge in [0, 0.05) is 12.5 Å². The molecule has 2 fully saturated rings. The molecule has 0 heterocycles. The van der Waals surface area contributed by atoms with Crippen LogP contribution in [0.3, 0.4) is 0 Å². The molecule has 2 bridgehead atoms. The van der Waals surface area contributed by atoms with Crippen LogP contribution in [0.1, 0.15) is 32.1 Å². The van der Waals surface area contributed by atoms with Gasteiger partial charge in [-0.1, -0.05) is 6.42 Å². The van der Waals surface area contributed by atoms with Crippen LogP contribution in [0.25, 0.3) is 0 Å². The predicted octanol–water partition coefficient (Wildman–Crippen LogP) is 0.625. The first-order chi connectivity index (χ1) is 6.16. The first-order valence-corrected chi connectivity index (χ1v) is 5.20. The second-order valence-electron chi connectivity index (χ2n) is 4.67. The van der Waals surface area contributed by atoms with E-state index in [9.17, 15) is 4.79 Å². The van der Waals surface area contributed by atoms with Crippen molar-refractivity contribution in [1.82, 2.24) is 0 Å². The van der Waals surface area contributed by atoms with Gasteiger partial charge in [0.25, 0.3) is 0 Å². The van der Waals surface area contributed by atoms with E-state index in [-0.39, 0.29) is 11.9 Å². The molecule has 0 saturated heterocycles. The highest BCUT2D eigenvalue weighted by atomic mass is 16.1. The van der Waals surface area contributed by atoms with Crippen LogP contribution < -0.4 is 11.5 Å². The maximum atomic E-state index is 10.7. The summed E-state index contributed by atoms with van der Waals surface area (Å²) < 4.78 is 0. The Kier molecular flexibility index (Phi) is 2.28. The summed E-state index contributed by atoms with van der Waals surface area (Å²) in [5, 5.41) is 0. The first kappa shape index (κ1) is 9.00. The molecule has 0 aliphatic heterocycles. The molecule has 2 saturated carbocycles. The molecule has 2 rings (SSSR count). The molecule has 0 aromatic rings. The van der Waals surface area contributed by atoms with Gasteiger partial charge in [-0.15, -0.1) is 0 Å². The number of amides is 1. The van der Waals surface area contributed by atoms with E-state index >= 15 is 0 Å². The Morgan fingerprint density at radius 3 is 2.62 bits per heavy atom. The Hall–Kier alpha value is -0.570. The van der Waals surface area contributed by atoms with Crippen molar-refractivity contribution in [3.8, 4) is 0 Å². The fourth-order valence-corrected chi connectivity index (χ4v) is 3.20. The summed E-state index contributed by atoms with van der Waals surface area (Å²) in [5.41, 5.74) is 11.1. The molecule has 74 valence electrons. The van der Waals surface area contributed by atoms with Gasteiger partial charge in [0.1, 0.15) is 0 Å². The van der Waals surface area contributed by atoms with Crippen LogP contribution in [-0.2, 0) is 4.79 Å². The Labute approximate surface area is 78.9 Å². The number of carbonyl (C=O) groups excluding carboxylic acids is 1. The highest BCUT2D eigenvalue weighted by molar-refractivity contribution is 5.74. The molecule has 0 aromatic heterocycles. The minimum Gasteiger partial charge on any atom is -0.370 e. The van der Waals surface area contributed by atoms with Crippen LogP contribution in [0.2, 0.25) is 0 Å². The predicted molar refractivity (Wildman–Crippen MR) is 50.7 cm³/mol. The molecule has 0 radical (unpaired) electrons. The average Bonchev–Trinajstić information content (AvgIpc) is 2.62. The second kappa shape index (κ2) is 3.29. The third-order valence-electron chi connectivity index (χ3n) is 3.78. The zero-order chi connectivity index (χ0) is 9.42. The number of hydrogen-bond acceptors (Lipinski definition) is 2. The summed E-state index contributed by atoms with van der Waals surface area (Å²) in [7, 11) is 0. The lowest BCUT2D eigenvalue weighted by molar-refractivity contribution is -0.118. The lowest BCUT2D eigenvalue weighted by atomic mass is 9.82. The van der Waals surface area contributed by atoms with Crippen molar-refractivity contribution in [2.24, 2.45) is 29.2 Å². The summed E-state index contributed by atoms with van der Waals surface area (Å²) in [6.07, 6.45) is 5.65. The quantitative estimate of drug-likeness (QED) is 0.672. The zero-order valence-electron chi connectivity index (χ0n) is 7.91. The lowest BCUT2D eigenvalue weighted by Gasteiger charge is -2.26. The Morgan fingerprint density at radius 1 is 1.38 bits per heavy atom. The lowest BCUT2D eigenvalue weighted by Crippen LogP contribution is -2.37. The van der Waals surface area contributed by atoms with Gasteiger partial charge in [0.15, 0.2) is 0 Å². The second-order valence-corrected chi connectivity index (χ2v) is 4.67. The first-order valence-electron chi connectivity index (χ1n) is 5.20. The van der Waals surface area contributed by atoms with Crippen LogP contribution in [-0.4, -0.2) is 11.9 Å². The van der Waals surface area contributed by atoms with Crippen molar-refractivity contribution in [2.75, 3.05) is 0 Å². The van der Waals surface area contributed by atoms with E-state index in [1.54, 1.807) is 0 Å². The van der Waals surface area contributed by atoms with Gasteiger partial charge in [0.05, 0.1) is 0 Å². The van der Waals surface area contributed by atoms with E-state index in [0.717, 1.165) is 11.8 Å². The number of carbonyl (C=O) groups is 1. The van der Waals surface area contributed by atoms with Gasteiger partial charge in [-0.3, -0.25) is 4.79 Å². The molecule has 3 heteroatoms. The molecule has 2 aliphatic rings. The van der Waals surface area contributed by atoms with Crippen molar-refractivity contribution < 1.29 is 4.79 Å². The van der Waals surface area contributed by atoms with Gasteiger partial charge in [-0.25, -0.2) is 0 Å². The van der Waals surface area contributed by atoms with Crippen LogP contribution in [0, 0.1) is 17.8 Å². The van der Waals surface area contributed by atoms with Crippen LogP contribution in [0.4, 0.5) is 0 Å². The van der Waals surface area contributed by atoms with Gasteiger partial charge in [-0.2, -0.15) is 0 Å². The largest absolute Gasteiger partial charge is 0.370 e. The number of fused-ring (bicyclic) bond motifs is 2. The third kappa shape index (κ3) is 1.70. The van der Waals surface area contributed by atoms with Gasteiger partial charge in [0.2, 0.25) is 5.91 Å². The molecule has 4 atom stereocenters. The van der Waals surface area contributed by atoms with Crippen LogP contribution >= 0.6 is 0 Å². The monoisotopic (exact) mass is 182 g/mol. The molecular weight excluding hydrogens is 164 g/mol. The molecular formula is C10H18N2O. The topological polar surface area (TPSA) is 69.1 Å². The highest BCUT2D eigenvalue weighted by Crippen LogP contribution is 2.49. The van der Waals surface area contributed by atoms with E-state index in [0.29, 0.717) is 12.3 Å². The number of primary amides is 1. The van der Waals surface area contributed by atoms with Gasteiger partial charge < -0.3 is 11.5 Å². The molecule has 3 unspecified atom stereocenters. The fraction of sp³-hybridized carbons (Fsp3) is 0.900. The smallest absolute Gasteiger partial charge is 0.218 e. The van der Waals surface area contributed by atoms with Crippen LogP contribution in [0.5, 0.6) is 0 Å². The summed E-state index contributed by atoms with van der Waals surface area (Å²) in [6.45, 7) is 0. The number of rotatable bonds is 3. The SMILES string of the molecule is NC(=O)C[C@@H](N)C1CC2CCC1C2. The normalized spacial score (nSPS) is 39.3. The minimum absolute atomic E-state index is 0.0211. The zero-order valence-corrected chi connectivity index (χ0v) is 7.91. The van der Waals surface area contributed by atoms with Gasteiger partial charge in [-0.05, 0) is 37.0 Å². The van der Waals surface area contributed by atoms with Crippen molar-refractivity contribution in [2.45, 2.75) is 38.1 Å². The summed E-state index contributed by atoms with van der Waals surface area (Å²) in [6, 6.07) is 0.0211. The van der Waals surface area contributed by atoms with E-state index < -0.39 is 0 Å². The standard InChI is InChI=1S/C10H18N2O/c11-9(5-10(12)13)8-4-6-1-2-7(8)3-6/h6-9H,1-5,11H2,(H2,12,13)/t6?,7?,8?,9-/m1/s1. The minimum atomic E-state index is -0.254. The molecule has 3 nitrogen and oxygen atoms in total. The van der Waals surface area contributed by atoms with Crippen molar-refractivity contribution in [1.29, 1.82) is 0 Å². The average molecular weight is 182 g/mol. The Balaban J connectivity index is 1.91. The molecule has 0 aromatic carbocycles. The summed E-state index contributed by atoms with van der Waals surface area (Å²) in [4.78, 5) is 10.7. The van der Waals surface area contributed by atoms with Gasteiger partial charge >= 0.3 is 0 Å². The molecule has 0 spiro atoms. The molecule has 13 heavy (non-hydrogen) atoms. The number of nitrogens with two attached hydrogens (primary N) is 2. The van der Waals surface area contributed by atoms with Crippen molar-refractivity contribution in [3.05, 3.63) is 0 Å². The maximum Gasteiger partial charge on any atom is 0.218 e. The maximum absolute atomic E-state index is 10.7. The van der Waals surface area contributed by atoms with E-state index in [4.69, 9.17) is 11.5 Å². The summed E-state index contributed by atoms with van der Waals surface area (Å²) in [5.74, 6) is 2.01. The molecule has 2 aliphatic carbocycles.